The first kappa shape index (κ1) is 13.6. The summed E-state index contributed by atoms with van der Waals surface area (Å²) in [7, 11) is 1.55. The van der Waals surface area contributed by atoms with Crippen LogP contribution in [-0.2, 0) is 4.79 Å². The van der Waals surface area contributed by atoms with Crippen molar-refractivity contribution < 1.29 is 14.6 Å². The van der Waals surface area contributed by atoms with Crippen molar-refractivity contribution in [2.24, 2.45) is 11.8 Å². The predicted octanol–water partition coefficient (Wildman–Crippen LogP) is 1.79. The molecule has 0 saturated heterocycles. The maximum absolute atomic E-state index is 11.2. The predicted molar refractivity (Wildman–Crippen MR) is 70.2 cm³/mol. The van der Waals surface area contributed by atoms with E-state index in [1.165, 1.54) is 0 Å². The maximum Gasteiger partial charge on any atom is 0.306 e. The number of methoxy groups -OCH3 is 1. The average Bonchev–Trinajstić information content (AvgIpc) is 2.45. The van der Waals surface area contributed by atoms with Crippen molar-refractivity contribution >= 4 is 11.9 Å². The third kappa shape index (κ3) is 3.56. The topological polar surface area (TPSA) is 84.3 Å². The second kappa shape index (κ2) is 6.36. The SMILES string of the molecule is COc1ccnc(NCC2CCCCC2C(=O)O)n1. The largest absolute Gasteiger partial charge is 0.481 e. The van der Waals surface area contributed by atoms with Crippen LogP contribution in [0.1, 0.15) is 25.7 Å². The highest BCUT2D eigenvalue weighted by Gasteiger charge is 2.30. The van der Waals surface area contributed by atoms with E-state index in [1.54, 1.807) is 19.4 Å². The molecule has 1 fully saturated rings. The van der Waals surface area contributed by atoms with Crippen molar-refractivity contribution in [2.45, 2.75) is 25.7 Å². The Morgan fingerprint density at radius 1 is 1.53 bits per heavy atom. The quantitative estimate of drug-likeness (QED) is 0.844. The van der Waals surface area contributed by atoms with E-state index >= 15 is 0 Å². The number of anilines is 1. The van der Waals surface area contributed by atoms with Crippen molar-refractivity contribution in [1.29, 1.82) is 0 Å². The summed E-state index contributed by atoms with van der Waals surface area (Å²) in [5, 5.41) is 12.3. The molecular formula is C13H19N3O3. The Balaban J connectivity index is 1.94. The van der Waals surface area contributed by atoms with Crippen LogP contribution in [0.4, 0.5) is 5.95 Å². The molecule has 1 aliphatic rings. The van der Waals surface area contributed by atoms with E-state index in [0.717, 1.165) is 25.7 Å². The number of hydrogen-bond acceptors (Lipinski definition) is 5. The van der Waals surface area contributed by atoms with Gasteiger partial charge >= 0.3 is 5.97 Å². The van der Waals surface area contributed by atoms with Gasteiger partial charge < -0.3 is 15.2 Å². The van der Waals surface area contributed by atoms with Crippen LogP contribution >= 0.6 is 0 Å². The highest BCUT2D eigenvalue weighted by molar-refractivity contribution is 5.70. The minimum absolute atomic E-state index is 0.140. The van der Waals surface area contributed by atoms with Crippen molar-refractivity contribution in [2.75, 3.05) is 19.0 Å². The highest BCUT2D eigenvalue weighted by atomic mass is 16.5. The number of aliphatic carboxylic acids is 1. The fourth-order valence-electron chi connectivity index (χ4n) is 2.54. The van der Waals surface area contributed by atoms with Gasteiger partial charge in [0.05, 0.1) is 13.0 Å². The van der Waals surface area contributed by atoms with Crippen LogP contribution in [0, 0.1) is 11.8 Å². The molecule has 0 radical (unpaired) electrons. The fourth-order valence-corrected chi connectivity index (χ4v) is 2.54. The van der Waals surface area contributed by atoms with E-state index in [-0.39, 0.29) is 11.8 Å². The average molecular weight is 265 g/mol. The molecule has 2 rings (SSSR count). The van der Waals surface area contributed by atoms with E-state index in [2.05, 4.69) is 15.3 Å². The molecule has 0 bridgehead atoms. The van der Waals surface area contributed by atoms with Crippen molar-refractivity contribution in [3.8, 4) is 5.88 Å². The smallest absolute Gasteiger partial charge is 0.306 e. The molecule has 104 valence electrons. The van der Waals surface area contributed by atoms with Gasteiger partial charge in [0.25, 0.3) is 0 Å². The summed E-state index contributed by atoms with van der Waals surface area (Å²) in [6.45, 7) is 0.587. The monoisotopic (exact) mass is 265 g/mol. The normalized spacial score (nSPS) is 22.8. The van der Waals surface area contributed by atoms with Crippen LogP contribution in [-0.4, -0.2) is 34.7 Å². The number of rotatable bonds is 5. The lowest BCUT2D eigenvalue weighted by Crippen LogP contribution is -2.32. The maximum atomic E-state index is 11.2. The Hall–Kier alpha value is -1.85. The molecule has 6 heteroatoms. The number of aromatic nitrogens is 2. The molecule has 0 aliphatic heterocycles. The Bertz CT molecular complexity index is 439. The third-order valence-corrected chi connectivity index (χ3v) is 3.59. The Morgan fingerprint density at radius 3 is 3.05 bits per heavy atom. The molecule has 1 saturated carbocycles. The summed E-state index contributed by atoms with van der Waals surface area (Å²) in [5.74, 6) is 0.163. The van der Waals surface area contributed by atoms with E-state index in [0.29, 0.717) is 18.4 Å². The van der Waals surface area contributed by atoms with E-state index in [9.17, 15) is 9.90 Å². The van der Waals surface area contributed by atoms with Crippen LogP contribution in [0.15, 0.2) is 12.3 Å². The number of nitrogens with one attached hydrogen (secondary N) is 1. The van der Waals surface area contributed by atoms with Gasteiger partial charge in [0.15, 0.2) is 0 Å². The van der Waals surface area contributed by atoms with Crippen molar-refractivity contribution in [3.05, 3.63) is 12.3 Å². The van der Waals surface area contributed by atoms with Crippen LogP contribution in [0.3, 0.4) is 0 Å². The molecule has 2 unspecified atom stereocenters. The van der Waals surface area contributed by atoms with E-state index in [4.69, 9.17) is 4.74 Å². The second-order valence-corrected chi connectivity index (χ2v) is 4.79. The van der Waals surface area contributed by atoms with Gasteiger partial charge in [-0.25, -0.2) is 4.98 Å². The number of ether oxygens (including phenoxy) is 1. The summed E-state index contributed by atoms with van der Waals surface area (Å²) >= 11 is 0. The van der Waals surface area contributed by atoms with E-state index in [1.807, 2.05) is 0 Å². The second-order valence-electron chi connectivity index (χ2n) is 4.79. The number of carbonyl (C=O) groups is 1. The number of carboxylic acid groups (broad SMARTS) is 1. The molecule has 1 heterocycles. The zero-order valence-corrected chi connectivity index (χ0v) is 11.0. The molecule has 0 aromatic carbocycles. The summed E-state index contributed by atoms with van der Waals surface area (Å²) in [6, 6.07) is 1.67. The number of hydrogen-bond donors (Lipinski definition) is 2. The summed E-state index contributed by atoms with van der Waals surface area (Å²) in [5.41, 5.74) is 0. The van der Waals surface area contributed by atoms with Gasteiger partial charge in [0.2, 0.25) is 11.8 Å². The van der Waals surface area contributed by atoms with Crippen LogP contribution < -0.4 is 10.1 Å². The lowest BCUT2D eigenvalue weighted by atomic mass is 9.79. The van der Waals surface area contributed by atoms with Crippen LogP contribution in [0.25, 0.3) is 0 Å². The number of nitrogens with zero attached hydrogens (tertiary/aromatic N) is 2. The molecule has 0 amide bonds. The first-order valence-electron chi connectivity index (χ1n) is 6.54. The molecule has 19 heavy (non-hydrogen) atoms. The highest BCUT2D eigenvalue weighted by Crippen LogP contribution is 2.30. The number of carboxylic acids is 1. The summed E-state index contributed by atoms with van der Waals surface area (Å²) in [6.07, 6.45) is 5.41. The third-order valence-electron chi connectivity index (χ3n) is 3.59. The molecule has 0 spiro atoms. The summed E-state index contributed by atoms with van der Waals surface area (Å²) in [4.78, 5) is 19.4. The van der Waals surface area contributed by atoms with Gasteiger partial charge in [-0.2, -0.15) is 4.98 Å². The molecule has 6 nitrogen and oxygen atoms in total. The fraction of sp³-hybridized carbons (Fsp3) is 0.615. The Morgan fingerprint density at radius 2 is 2.32 bits per heavy atom. The van der Waals surface area contributed by atoms with Gasteiger partial charge in [-0.05, 0) is 18.8 Å². The zero-order valence-electron chi connectivity index (χ0n) is 11.0. The molecule has 2 atom stereocenters. The Labute approximate surface area is 112 Å². The minimum atomic E-state index is -0.696. The molecular weight excluding hydrogens is 246 g/mol. The molecule has 1 aromatic rings. The van der Waals surface area contributed by atoms with Gasteiger partial charge in [0.1, 0.15) is 0 Å². The van der Waals surface area contributed by atoms with Crippen LogP contribution in [0.2, 0.25) is 0 Å². The van der Waals surface area contributed by atoms with E-state index < -0.39 is 5.97 Å². The Kier molecular flexibility index (Phi) is 4.54. The molecule has 1 aromatic heterocycles. The van der Waals surface area contributed by atoms with Crippen LogP contribution in [0.5, 0.6) is 5.88 Å². The zero-order chi connectivity index (χ0) is 13.7. The summed E-state index contributed by atoms with van der Waals surface area (Å²) < 4.78 is 5.02. The van der Waals surface area contributed by atoms with Crippen molar-refractivity contribution in [1.82, 2.24) is 9.97 Å². The lowest BCUT2D eigenvalue weighted by molar-refractivity contribution is -0.144. The lowest BCUT2D eigenvalue weighted by Gasteiger charge is -2.28. The first-order chi connectivity index (χ1) is 9.20. The van der Waals surface area contributed by atoms with Gasteiger partial charge in [-0.3, -0.25) is 4.79 Å². The standard InChI is InChI=1S/C13H19N3O3/c1-19-11-6-7-14-13(16-11)15-8-9-4-2-3-5-10(9)12(17)18/h6-7,9-10H,2-5,8H2,1H3,(H,17,18)(H,14,15,16). The van der Waals surface area contributed by atoms with Crippen molar-refractivity contribution in [3.63, 3.8) is 0 Å². The van der Waals surface area contributed by atoms with Gasteiger partial charge in [-0.1, -0.05) is 12.8 Å². The first-order valence-corrected chi connectivity index (χ1v) is 6.54. The molecule has 2 N–H and O–H groups in total. The van der Waals surface area contributed by atoms with Gasteiger partial charge in [-0.15, -0.1) is 0 Å². The molecule has 1 aliphatic carbocycles. The van der Waals surface area contributed by atoms with Gasteiger partial charge in [0, 0.05) is 18.8 Å². The minimum Gasteiger partial charge on any atom is -0.481 e.